The molecule has 0 atom stereocenters. The molecule has 0 bridgehead atoms. The SMILES string of the molecule is C=CCc1cccc2ccc3cc4ccccc4cc3c12. The Hall–Kier alpha value is -2.60. The molecule has 4 aromatic rings. The molecule has 0 heteroatoms. The van der Waals surface area contributed by atoms with E-state index in [1.807, 2.05) is 6.08 Å². The Labute approximate surface area is 124 Å². The molecule has 4 aromatic carbocycles. The minimum absolute atomic E-state index is 0.906. The molecule has 4 rings (SSSR count). The van der Waals surface area contributed by atoms with Crippen molar-refractivity contribution < 1.29 is 0 Å². The number of benzene rings is 4. The molecule has 21 heavy (non-hydrogen) atoms. The summed E-state index contributed by atoms with van der Waals surface area (Å²) in [6.45, 7) is 3.89. The summed E-state index contributed by atoms with van der Waals surface area (Å²) in [7, 11) is 0. The number of hydrogen-bond donors (Lipinski definition) is 0. The summed E-state index contributed by atoms with van der Waals surface area (Å²) in [5, 5.41) is 7.90. The smallest absolute Gasteiger partial charge is 0.00699 e. The van der Waals surface area contributed by atoms with E-state index in [1.165, 1.54) is 37.9 Å². The summed E-state index contributed by atoms with van der Waals surface area (Å²) in [5.41, 5.74) is 1.35. The maximum Gasteiger partial charge on any atom is -0.00699 e. The molecule has 0 aliphatic heterocycles. The Balaban J connectivity index is 2.20. The van der Waals surface area contributed by atoms with Crippen LogP contribution in [-0.2, 0) is 6.42 Å². The van der Waals surface area contributed by atoms with Crippen molar-refractivity contribution in [2.75, 3.05) is 0 Å². The maximum absolute atomic E-state index is 3.89. The topological polar surface area (TPSA) is 0 Å². The molecule has 0 heterocycles. The highest BCUT2D eigenvalue weighted by atomic mass is 14.1. The van der Waals surface area contributed by atoms with E-state index in [0.29, 0.717) is 0 Å². The molecule has 0 amide bonds. The third kappa shape index (κ3) is 1.92. The van der Waals surface area contributed by atoms with Crippen molar-refractivity contribution in [1.29, 1.82) is 0 Å². The maximum atomic E-state index is 3.89. The Morgan fingerprint density at radius 2 is 1.43 bits per heavy atom. The van der Waals surface area contributed by atoms with Gasteiger partial charge >= 0.3 is 0 Å². The van der Waals surface area contributed by atoms with E-state index in [-0.39, 0.29) is 0 Å². The minimum atomic E-state index is 0.906. The number of allylic oxidation sites excluding steroid dienone is 1. The van der Waals surface area contributed by atoms with Crippen molar-refractivity contribution >= 4 is 32.3 Å². The summed E-state index contributed by atoms with van der Waals surface area (Å²) in [5.74, 6) is 0. The molecule has 0 N–H and O–H groups in total. The van der Waals surface area contributed by atoms with Crippen LogP contribution >= 0.6 is 0 Å². The van der Waals surface area contributed by atoms with Crippen molar-refractivity contribution in [2.45, 2.75) is 6.42 Å². The van der Waals surface area contributed by atoms with Crippen LogP contribution in [0.1, 0.15) is 5.56 Å². The molecule has 0 aromatic heterocycles. The summed E-state index contributed by atoms with van der Waals surface area (Å²) in [4.78, 5) is 0. The van der Waals surface area contributed by atoms with E-state index in [2.05, 4.69) is 73.3 Å². The van der Waals surface area contributed by atoms with Gasteiger partial charge < -0.3 is 0 Å². The average Bonchev–Trinajstić information content (AvgIpc) is 2.53. The lowest BCUT2D eigenvalue weighted by atomic mass is 9.94. The van der Waals surface area contributed by atoms with Crippen LogP contribution in [0.4, 0.5) is 0 Å². The Kier molecular flexibility index (Phi) is 2.75. The summed E-state index contributed by atoms with van der Waals surface area (Å²) < 4.78 is 0. The summed E-state index contributed by atoms with van der Waals surface area (Å²) in [6.07, 6.45) is 2.89. The lowest BCUT2D eigenvalue weighted by Crippen LogP contribution is -1.86. The molecule has 0 unspecified atom stereocenters. The standard InChI is InChI=1S/C21H16/c1-2-6-15-9-5-10-16-11-12-19-13-17-7-3-4-8-18(17)14-20(19)21(15)16/h2-5,7-14H,1,6H2. The van der Waals surface area contributed by atoms with Gasteiger partial charge in [0.2, 0.25) is 0 Å². The molecule has 100 valence electrons. The van der Waals surface area contributed by atoms with Gasteiger partial charge in [0.05, 0.1) is 0 Å². The summed E-state index contributed by atoms with van der Waals surface area (Å²) in [6, 6.07) is 24.1. The fourth-order valence-electron chi connectivity index (χ4n) is 3.20. The lowest BCUT2D eigenvalue weighted by Gasteiger charge is -2.10. The van der Waals surface area contributed by atoms with Crippen LogP contribution < -0.4 is 0 Å². The third-order valence-corrected chi connectivity index (χ3v) is 4.18. The Morgan fingerprint density at radius 1 is 0.714 bits per heavy atom. The molecule has 0 aliphatic carbocycles. The van der Waals surface area contributed by atoms with Gasteiger partial charge in [-0.05, 0) is 56.4 Å². The highest BCUT2D eigenvalue weighted by Crippen LogP contribution is 2.31. The first-order chi connectivity index (χ1) is 10.4. The van der Waals surface area contributed by atoms with E-state index < -0.39 is 0 Å². The van der Waals surface area contributed by atoms with Crippen LogP contribution in [0, 0.1) is 0 Å². The zero-order chi connectivity index (χ0) is 14.2. The van der Waals surface area contributed by atoms with Gasteiger partial charge in [0.25, 0.3) is 0 Å². The van der Waals surface area contributed by atoms with Crippen molar-refractivity contribution in [3.8, 4) is 0 Å². The molecule has 0 saturated carbocycles. The molecular formula is C21H16. The van der Waals surface area contributed by atoms with E-state index in [1.54, 1.807) is 0 Å². The Bertz CT molecular complexity index is 977. The van der Waals surface area contributed by atoms with Crippen LogP contribution in [0.3, 0.4) is 0 Å². The van der Waals surface area contributed by atoms with Gasteiger partial charge in [-0.15, -0.1) is 6.58 Å². The number of rotatable bonds is 2. The van der Waals surface area contributed by atoms with Gasteiger partial charge in [-0.1, -0.05) is 60.7 Å². The van der Waals surface area contributed by atoms with Crippen LogP contribution in [0.25, 0.3) is 32.3 Å². The minimum Gasteiger partial charge on any atom is -0.103 e. The molecular weight excluding hydrogens is 252 g/mol. The first kappa shape index (κ1) is 12.2. The van der Waals surface area contributed by atoms with Crippen LogP contribution in [0.5, 0.6) is 0 Å². The Morgan fingerprint density at radius 3 is 2.24 bits per heavy atom. The van der Waals surface area contributed by atoms with Crippen LogP contribution in [-0.4, -0.2) is 0 Å². The summed E-state index contributed by atoms with van der Waals surface area (Å²) >= 11 is 0. The second-order valence-electron chi connectivity index (χ2n) is 5.49. The monoisotopic (exact) mass is 268 g/mol. The molecule has 0 radical (unpaired) electrons. The first-order valence-corrected chi connectivity index (χ1v) is 7.31. The van der Waals surface area contributed by atoms with Gasteiger partial charge in [-0.25, -0.2) is 0 Å². The molecule has 0 spiro atoms. The highest BCUT2D eigenvalue weighted by molar-refractivity contribution is 6.13. The van der Waals surface area contributed by atoms with Crippen molar-refractivity contribution in [1.82, 2.24) is 0 Å². The number of fused-ring (bicyclic) bond motifs is 4. The molecule has 0 aliphatic rings. The van der Waals surface area contributed by atoms with Gasteiger partial charge in [-0.3, -0.25) is 0 Å². The zero-order valence-electron chi connectivity index (χ0n) is 11.8. The van der Waals surface area contributed by atoms with Crippen LogP contribution in [0.15, 0.2) is 79.4 Å². The van der Waals surface area contributed by atoms with Crippen molar-refractivity contribution in [3.63, 3.8) is 0 Å². The van der Waals surface area contributed by atoms with Crippen LogP contribution in [0.2, 0.25) is 0 Å². The normalized spacial score (nSPS) is 11.2. The molecule has 0 nitrogen and oxygen atoms in total. The van der Waals surface area contributed by atoms with E-state index in [0.717, 1.165) is 6.42 Å². The lowest BCUT2D eigenvalue weighted by molar-refractivity contribution is 1.31. The van der Waals surface area contributed by atoms with E-state index >= 15 is 0 Å². The number of hydrogen-bond acceptors (Lipinski definition) is 0. The first-order valence-electron chi connectivity index (χ1n) is 7.31. The predicted octanol–water partition coefficient (Wildman–Crippen LogP) is 5.87. The molecule has 0 fully saturated rings. The largest absolute Gasteiger partial charge is 0.103 e. The van der Waals surface area contributed by atoms with Gasteiger partial charge in [0.15, 0.2) is 0 Å². The average molecular weight is 268 g/mol. The van der Waals surface area contributed by atoms with Gasteiger partial charge in [0.1, 0.15) is 0 Å². The molecule has 0 saturated heterocycles. The fraction of sp³-hybridized carbons (Fsp3) is 0.0476. The third-order valence-electron chi connectivity index (χ3n) is 4.18. The zero-order valence-corrected chi connectivity index (χ0v) is 11.8. The van der Waals surface area contributed by atoms with E-state index in [9.17, 15) is 0 Å². The fourth-order valence-corrected chi connectivity index (χ4v) is 3.20. The second-order valence-corrected chi connectivity index (χ2v) is 5.49. The predicted molar refractivity (Wildman–Crippen MR) is 92.9 cm³/mol. The van der Waals surface area contributed by atoms with Gasteiger partial charge in [0, 0.05) is 0 Å². The van der Waals surface area contributed by atoms with Gasteiger partial charge in [-0.2, -0.15) is 0 Å². The van der Waals surface area contributed by atoms with Crippen molar-refractivity contribution in [3.05, 3.63) is 84.9 Å². The van der Waals surface area contributed by atoms with E-state index in [4.69, 9.17) is 0 Å². The quantitative estimate of drug-likeness (QED) is 0.242. The highest BCUT2D eigenvalue weighted by Gasteiger charge is 2.06. The van der Waals surface area contributed by atoms with Crippen molar-refractivity contribution in [2.24, 2.45) is 0 Å². The second kappa shape index (κ2) is 4.75.